The largest absolute Gasteiger partial charge is 0.371 e. The second kappa shape index (κ2) is 5.32. The number of carbonyl (C=O) groups is 1. The average Bonchev–Trinajstić information content (AvgIpc) is 2.46. The molecule has 2 atom stereocenters. The van der Waals surface area contributed by atoms with E-state index in [0.717, 1.165) is 36.9 Å². The molecular weight excluding hydrogens is 241 g/mol. The molecule has 0 aromatic heterocycles. The summed E-state index contributed by atoms with van der Waals surface area (Å²) in [5.41, 5.74) is 1.30. The molecule has 102 valence electrons. The lowest BCUT2D eigenvalue weighted by Crippen LogP contribution is -2.41. The molecular formula is C16H20FNO. The summed E-state index contributed by atoms with van der Waals surface area (Å²) < 4.78 is 13.5. The molecule has 19 heavy (non-hydrogen) atoms. The minimum atomic E-state index is -0.314. The highest BCUT2D eigenvalue weighted by Gasteiger charge is 2.31. The van der Waals surface area contributed by atoms with Crippen LogP contribution in [0.1, 0.15) is 42.5 Å². The normalized spacial score (nSPS) is 26.9. The highest BCUT2D eigenvalue weighted by Crippen LogP contribution is 2.37. The summed E-state index contributed by atoms with van der Waals surface area (Å²) in [6.07, 6.45) is 7.30. The van der Waals surface area contributed by atoms with Crippen molar-refractivity contribution in [2.24, 2.45) is 11.8 Å². The first-order chi connectivity index (χ1) is 9.26. The number of anilines is 1. The van der Waals surface area contributed by atoms with Crippen molar-refractivity contribution in [1.29, 1.82) is 0 Å². The van der Waals surface area contributed by atoms with Crippen LogP contribution in [-0.4, -0.2) is 19.4 Å². The van der Waals surface area contributed by atoms with Gasteiger partial charge in [-0.3, -0.25) is 4.79 Å². The third-order valence-electron chi connectivity index (χ3n) is 4.70. The van der Waals surface area contributed by atoms with Gasteiger partial charge in [0, 0.05) is 24.3 Å². The standard InChI is InChI=1S/C16H20FNO/c17-15-7-12(11-19)8-16(9-15)18-6-5-13-3-1-2-4-14(13)10-18/h7-9,11,13-14H,1-6,10H2. The molecule has 0 N–H and O–H groups in total. The molecule has 0 bridgehead atoms. The zero-order chi connectivity index (χ0) is 13.2. The number of benzene rings is 1. The van der Waals surface area contributed by atoms with Gasteiger partial charge in [-0.2, -0.15) is 0 Å². The molecule has 0 spiro atoms. The second-order valence-corrected chi connectivity index (χ2v) is 5.90. The first-order valence-electron chi connectivity index (χ1n) is 7.27. The predicted octanol–water partition coefficient (Wildman–Crippen LogP) is 3.65. The highest BCUT2D eigenvalue weighted by atomic mass is 19.1. The van der Waals surface area contributed by atoms with Crippen LogP contribution in [0, 0.1) is 17.7 Å². The fourth-order valence-corrected chi connectivity index (χ4v) is 3.68. The van der Waals surface area contributed by atoms with Crippen LogP contribution < -0.4 is 4.90 Å². The lowest BCUT2D eigenvalue weighted by atomic mass is 9.75. The van der Waals surface area contributed by atoms with Gasteiger partial charge in [0.25, 0.3) is 0 Å². The maximum Gasteiger partial charge on any atom is 0.150 e. The Kier molecular flexibility index (Phi) is 3.54. The third-order valence-corrected chi connectivity index (χ3v) is 4.70. The van der Waals surface area contributed by atoms with Crippen molar-refractivity contribution >= 4 is 12.0 Å². The second-order valence-electron chi connectivity index (χ2n) is 5.90. The molecule has 3 rings (SSSR count). The average molecular weight is 261 g/mol. The fourth-order valence-electron chi connectivity index (χ4n) is 3.68. The van der Waals surface area contributed by atoms with Crippen LogP contribution in [0.3, 0.4) is 0 Å². The van der Waals surface area contributed by atoms with Gasteiger partial charge in [0.15, 0.2) is 0 Å². The summed E-state index contributed by atoms with van der Waals surface area (Å²) in [6, 6.07) is 4.65. The van der Waals surface area contributed by atoms with Gasteiger partial charge in [-0.25, -0.2) is 4.39 Å². The van der Waals surface area contributed by atoms with Crippen LogP contribution in [0.4, 0.5) is 10.1 Å². The molecule has 2 fully saturated rings. The van der Waals surface area contributed by atoms with Crippen molar-refractivity contribution in [2.75, 3.05) is 18.0 Å². The summed E-state index contributed by atoms with van der Waals surface area (Å²) in [4.78, 5) is 13.1. The summed E-state index contributed by atoms with van der Waals surface area (Å²) >= 11 is 0. The molecule has 0 radical (unpaired) electrons. The molecule has 2 aliphatic rings. The Morgan fingerprint density at radius 2 is 1.89 bits per heavy atom. The van der Waals surface area contributed by atoms with Gasteiger partial charge in [-0.05, 0) is 42.9 Å². The Morgan fingerprint density at radius 3 is 2.68 bits per heavy atom. The minimum Gasteiger partial charge on any atom is -0.371 e. The van der Waals surface area contributed by atoms with Crippen molar-refractivity contribution in [3.63, 3.8) is 0 Å². The van der Waals surface area contributed by atoms with Crippen molar-refractivity contribution < 1.29 is 9.18 Å². The molecule has 1 saturated carbocycles. The van der Waals surface area contributed by atoms with E-state index in [1.165, 1.54) is 38.2 Å². The Balaban J connectivity index is 1.79. The number of piperidine rings is 1. The Labute approximate surface area is 113 Å². The van der Waals surface area contributed by atoms with Gasteiger partial charge in [-0.1, -0.05) is 19.3 Å². The molecule has 0 amide bonds. The van der Waals surface area contributed by atoms with Crippen LogP contribution in [0.5, 0.6) is 0 Å². The van der Waals surface area contributed by atoms with Gasteiger partial charge in [0.05, 0.1) is 0 Å². The number of halogens is 1. The van der Waals surface area contributed by atoms with Crippen LogP contribution in [0.15, 0.2) is 18.2 Å². The first-order valence-corrected chi connectivity index (χ1v) is 7.27. The Hall–Kier alpha value is -1.38. The van der Waals surface area contributed by atoms with Crippen molar-refractivity contribution in [3.05, 3.63) is 29.6 Å². The van der Waals surface area contributed by atoms with E-state index in [2.05, 4.69) is 4.90 Å². The first kappa shape index (κ1) is 12.6. The van der Waals surface area contributed by atoms with Crippen LogP contribution in [0.2, 0.25) is 0 Å². The molecule has 2 nitrogen and oxygen atoms in total. The lowest BCUT2D eigenvalue weighted by Gasteiger charge is -2.42. The van der Waals surface area contributed by atoms with Gasteiger partial charge in [0.2, 0.25) is 0 Å². The van der Waals surface area contributed by atoms with Gasteiger partial charge >= 0.3 is 0 Å². The van der Waals surface area contributed by atoms with Gasteiger partial charge in [-0.15, -0.1) is 0 Å². The van der Waals surface area contributed by atoms with E-state index in [1.54, 1.807) is 12.1 Å². The van der Waals surface area contributed by atoms with Crippen LogP contribution >= 0.6 is 0 Å². The van der Waals surface area contributed by atoms with E-state index in [1.807, 2.05) is 0 Å². The zero-order valence-electron chi connectivity index (χ0n) is 11.1. The fraction of sp³-hybridized carbons (Fsp3) is 0.562. The lowest BCUT2D eigenvalue weighted by molar-refractivity contribution is 0.112. The number of aldehydes is 1. The van der Waals surface area contributed by atoms with Crippen LogP contribution in [0.25, 0.3) is 0 Å². The van der Waals surface area contributed by atoms with Crippen molar-refractivity contribution in [1.82, 2.24) is 0 Å². The highest BCUT2D eigenvalue weighted by molar-refractivity contribution is 5.77. The number of carbonyl (C=O) groups excluding carboxylic acids is 1. The molecule has 1 aromatic carbocycles. The molecule has 3 heteroatoms. The monoisotopic (exact) mass is 261 g/mol. The number of hydrogen-bond donors (Lipinski definition) is 0. The van der Waals surface area contributed by atoms with E-state index in [-0.39, 0.29) is 5.82 Å². The van der Waals surface area contributed by atoms with E-state index in [0.29, 0.717) is 5.56 Å². The van der Waals surface area contributed by atoms with Crippen LogP contribution in [-0.2, 0) is 0 Å². The van der Waals surface area contributed by atoms with Crippen molar-refractivity contribution in [2.45, 2.75) is 32.1 Å². The van der Waals surface area contributed by atoms with Gasteiger partial charge < -0.3 is 4.90 Å². The maximum atomic E-state index is 13.5. The smallest absolute Gasteiger partial charge is 0.150 e. The van der Waals surface area contributed by atoms with Gasteiger partial charge in [0.1, 0.15) is 12.1 Å². The zero-order valence-corrected chi connectivity index (χ0v) is 11.1. The number of nitrogens with zero attached hydrogens (tertiary/aromatic N) is 1. The molecule has 1 aliphatic heterocycles. The van der Waals surface area contributed by atoms with Crippen molar-refractivity contribution in [3.8, 4) is 0 Å². The number of rotatable bonds is 2. The summed E-state index contributed by atoms with van der Waals surface area (Å²) in [6.45, 7) is 2.01. The quantitative estimate of drug-likeness (QED) is 0.757. The molecule has 1 aromatic rings. The summed E-state index contributed by atoms with van der Waals surface area (Å²) in [7, 11) is 0. The Bertz CT molecular complexity index is 474. The van der Waals surface area contributed by atoms with E-state index >= 15 is 0 Å². The molecule has 2 unspecified atom stereocenters. The molecule has 1 heterocycles. The summed E-state index contributed by atoms with van der Waals surface area (Å²) in [5.74, 6) is 1.31. The maximum absolute atomic E-state index is 13.5. The third kappa shape index (κ3) is 2.65. The topological polar surface area (TPSA) is 20.3 Å². The van der Waals surface area contributed by atoms with E-state index < -0.39 is 0 Å². The number of fused-ring (bicyclic) bond motifs is 1. The predicted molar refractivity (Wildman–Crippen MR) is 74.1 cm³/mol. The Morgan fingerprint density at radius 1 is 1.11 bits per heavy atom. The van der Waals surface area contributed by atoms with E-state index in [4.69, 9.17) is 0 Å². The SMILES string of the molecule is O=Cc1cc(F)cc(N2CCC3CCCCC3C2)c1. The molecule has 1 saturated heterocycles. The minimum absolute atomic E-state index is 0.314. The van der Waals surface area contributed by atoms with E-state index in [9.17, 15) is 9.18 Å². The molecule has 1 aliphatic carbocycles. The number of hydrogen-bond acceptors (Lipinski definition) is 2. The summed E-state index contributed by atoms with van der Waals surface area (Å²) in [5, 5.41) is 0.